The Labute approximate surface area is 49.4 Å². The standard InChI is InChI=1S/C6H10N2/c1-3-5-6(7)8-4-2/h3-5H,1,7H2,2H3/b6-5-,8-4-. The maximum atomic E-state index is 5.29. The second-order valence-electron chi connectivity index (χ2n) is 1.21. The molecular weight excluding hydrogens is 100 g/mol. The summed E-state index contributed by atoms with van der Waals surface area (Å²) in [5, 5.41) is 0. The van der Waals surface area contributed by atoms with Crippen LogP contribution in [0.5, 0.6) is 0 Å². The highest BCUT2D eigenvalue weighted by molar-refractivity contribution is 5.55. The van der Waals surface area contributed by atoms with Crippen LogP contribution in [-0.4, -0.2) is 6.21 Å². The van der Waals surface area contributed by atoms with Crippen LogP contribution >= 0.6 is 0 Å². The summed E-state index contributed by atoms with van der Waals surface area (Å²) in [4.78, 5) is 3.76. The lowest BCUT2D eigenvalue weighted by Crippen LogP contribution is -1.91. The van der Waals surface area contributed by atoms with Gasteiger partial charge in [-0.25, -0.2) is 4.99 Å². The molecule has 2 nitrogen and oxygen atoms in total. The fourth-order valence-corrected chi connectivity index (χ4v) is 0.313. The normalized spacial score (nSPS) is 12.4. The predicted octanol–water partition coefficient (Wildman–Crippen LogP) is 1.06. The first-order valence-electron chi connectivity index (χ1n) is 2.38. The van der Waals surface area contributed by atoms with Crippen molar-refractivity contribution in [3.8, 4) is 0 Å². The van der Waals surface area contributed by atoms with E-state index in [1.54, 1.807) is 18.4 Å². The maximum Gasteiger partial charge on any atom is 0.122 e. The van der Waals surface area contributed by atoms with Crippen molar-refractivity contribution in [1.82, 2.24) is 0 Å². The molecule has 0 rings (SSSR count). The summed E-state index contributed by atoms with van der Waals surface area (Å²) < 4.78 is 0. The number of aliphatic imine (C=N–C) groups is 1. The van der Waals surface area contributed by atoms with Crippen LogP contribution in [0.1, 0.15) is 6.92 Å². The molecule has 8 heavy (non-hydrogen) atoms. The third-order valence-corrected chi connectivity index (χ3v) is 0.567. The van der Waals surface area contributed by atoms with Crippen molar-refractivity contribution in [1.29, 1.82) is 0 Å². The summed E-state index contributed by atoms with van der Waals surface area (Å²) in [6.45, 7) is 5.26. The van der Waals surface area contributed by atoms with E-state index in [9.17, 15) is 0 Å². The monoisotopic (exact) mass is 110 g/mol. The Kier molecular flexibility index (Phi) is 3.58. The summed E-state index contributed by atoms with van der Waals surface area (Å²) >= 11 is 0. The fraction of sp³-hybridized carbons (Fsp3) is 0.167. The van der Waals surface area contributed by atoms with Crippen LogP contribution in [0.15, 0.2) is 29.5 Å². The van der Waals surface area contributed by atoms with E-state index >= 15 is 0 Å². The number of hydrogen-bond acceptors (Lipinski definition) is 2. The van der Waals surface area contributed by atoms with Crippen LogP contribution in [0.4, 0.5) is 0 Å². The van der Waals surface area contributed by atoms with E-state index in [2.05, 4.69) is 11.6 Å². The third-order valence-electron chi connectivity index (χ3n) is 0.567. The van der Waals surface area contributed by atoms with Crippen molar-refractivity contribution in [2.24, 2.45) is 10.7 Å². The molecule has 0 fully saturated rings. The third kappa shape index (κ3) is 3.15. The van der Waals surface area contributed by atoms with Gasteiger partial charge in [-0.3, -0.25) is 0 Å². The Morgan fingerprint density at radius 1 is 1.75 bits per heavy atom. The number of rotatable bonds is 2. The zero-order chi connectivity index (χ0) is 6.41. The highest BCUT2D eigenvalue weighted by Crippen LogP contribution is 1.82. The first-order chi connectivity index (χ1) is 3.81. The highest BCUT2D eigenvalue weighted by atomic mass is 14.9. The zero-order valence-electron chi connectivity index (χ0n) is 4.96. The van der Waals surface area contributed by atoms with E-state index in [4.69, 9.17) is 5.73 Å². The molecule has 0 aliphatic rings. The SMILES string of the molecule is C=C/C=C(N)\N=C/C. The van der Waals surface area contributed by atoms with E-state index in [1.165, 1.54) is 0 Å². The van der Waals surface area contributed by atoms with Gasteiger partial charge in [0, 0.05) is 6.21 Å². The van der Waals surface area contributed by atoms with Crippen LogP contribution < -0.4 is 5.73 Å². The van der Waals surface area contributed by atoms with Gasteiger partial charge in [0.2, 0.25) is 0 Å². The molecule has 0 radical (unpaired) electrons. The Balaban J connectivity index is 3.79. The molecule has 0 spiro atoms. The molecule has 0 atom stereocenters. The molecule has 0 aliphatic carbocycles. The summed E-state index contributed by atoms with van der Waals surface area (Å²) in [7, 11) is 0. The minimum atomic E-state index is 0.488. The molecule has 0 saturated heterocycles. The van der Waals surface area contributed by atoms with Crippen molar-refractivity contribution in [2.75, 3.05) is 0 Å². The van der Waals surface area contributed by atoms with Crippen molar-refractivity contribution >= 4 is 6.21 Å². The molecule has 0 unspecified atom stereocenters. The number of allylic oxidation sites excluding steroid dienone is 2. The number of hydrogen-bond donors (Lipinski definition) is 1. The number of nitrogens with zero attached hydrogens (tertiary/aromatic N) is 1. The molecule has 0 saturated carbocycles. The molecule has 2 N–H and O–H groups in total. The van der Waals surface area contributed by atoms with E-state index in [0.717, 1.165) is 0 Å². The van der Waals surface area contributed by atoms with Gasteiger partial charge in [0.1, 0.15) is 5.82 Å². The molecule has 0 heterocycles. The molecule has 0 amide bonds. The predicted molar refractivity (Wildman–Crippen MR) is 36.6 cm³/mol. The molecular formula is C6H10N2. The lowest BCUT2D eigenvalue weighted by Gasteiger charge is -1.83. The second kappa shape index (κ2) is 4.12. The number of nitrogens with two attached hydrogens (primary N) is 1. The smallest absolute Gasteiger partial charge is 0.122 e. The van der Waals surface area contributed by atoms with Gasteiger partial charge in [0.15, 0.2) is 0 Å². The van der Waals surface area contributed by atoms with Crippen LogP contribution in [0.3, 0.4) is 0 Å². The lowest BCUT2D eigenvalue weighted by atomic mass is 10.5. The van der Waals surface area contributed by atoms with Crippen LogP contribution in [0.25, 0.3) is 0 Å². The molecule has 0 aliphatic heterocycles. The molecule has 0 aromatic rings. The van der Waals surface area contributed by atoms with Crippen LogP contribution in [0.2, 0.25) is 0 Å². The molecule has 44 valence electrons. The maximum absolute atomic E-state index is 5.29. The van der Waals surface area contributed by atoms with Gasteiger partial charge in [-0.05, 0) is 13.0 Å². The Bertz CT molecular complexity index is 122. The average molecular weight is 110 g/mol. The Morgan fingerprint density at radius 2 is 2.38 bits per heavy atom. The van der Waals surface area contributed by atoms with Crippen LogP contribution in [0, 0.1) is 0 Å². The minimum Gasteiger partial charge on any atom is -0.384 e. The van der Waals surface area contributed by atoms with Crippen molar-refractivity contribution in [3.05, 3.63) is 24.6 Å². The molecule has 2 heteroatoms. The molecule has 0 bridgehead atoms. The highest BCUT2D eigenvalue weighted by Gasteiger charge is 1.72. The quantitative estimate of drug-likeness (QED) is 0.419. The van der Waals surface area contributed by atoms with E-state index in [1.807, 2.05) is 6.92 Å². The van der Waals surface area contributed by atoms with Gasteiger partial charge in [-0.15, -0.1) is 0 Å². The van der Waals surface area contributed by atoms with Gasteiger partial charge in [-0.2, -0.15) is 0 Å². The van der Waals surface area contributed by atoms with Gasteiger partial charge in [0.25, 0.3) is 0 Å². The zero-order valence-corrected chi connectivity index (χ0v) is 4.96. The molecule has 0 aromatic carbocycles. The van der Waals surface area contributed by atoms with E-state index in [0.29, 0.717) is 5.82 Å². The van der Waals surface area contributed by atoms with Gasteiger partial charge < -0.3 is 5.73 Å². The fourth-order valence-electron chi connectivity index (χ4n) is 0.313. The summed E-state index contributed by atoms with van der Waals surface area (Å²) in [5.41, 5.74) is 5.29. The minimum absolute atomic E-state index is 0.488. The first-order valence-corrected chi connectivity index (χ1v) is 2.38. The van der Waals surface area contributed by atoms with E-state index in [-0.39, 0.29) is 0 Å². The van der Waals surface area contributed by atoms with Gasteiger partial charge >= 0.3 is 0 Å². The summed E-state index contributed by atoms with van der Waals surface area (Å²) in [6, 6.07) is 0. The average Bonchev–Trinajstić information content (AvgIpc) is 1.68. The Hall–Kier alpha value is -1.05. The first kappa shape index (κ1) is 6.95. The lowest BCUT2D eigenvalue weighted by molar-refractivity contribution is 1.25. The molecule has 0 aromatic heterocycles. The topological polar surface area (TPSA) is 38.4 Å². The summed E-state index contributed by atoms with van der Waals surface area (Å²) in [5.74, 6) is 0.488. The van der Waals surface area contributed by atoms with Gasteiger partial charge in [0.05, 0.1) is 0 Å². The summed E-state index contributed by atoms with van der Waals surface area (Å²) in [6.07, 6.45) is 4.87. The van der Waals surface area contributed by atoms with Crippen molar-refractivity contribution in [2.45, 2.75) is 6.92 Å². The second-order valence-corrected chi connectivity index (χ2v) is 1.21. The largest absolute Gasteiger partial charge is 0.384 e. The Morgan fingerprint density at radius 3 is 2.75 bits per heavy atom. The van der Waals surface area contributed by atoms with E-state index < -0.39 is 0 Å². The van der Waals surface area contributed by atoms with Crippen molar-refractivity contribution < 1.29 is 0 Å². The van der Waals surface area contributed by atoms with Crippen LogP contribution in [-0.2, 0) is 0 Å². The van der Waals surface area contributed by atoms with Crippen molar-refractivity contribution in [3.63, 3.8) is 0 Å². The van der Waals surface area contributed by atoms with Gasteiger partial charge in [-0.1, -0.05) is 12.7 Å².